The summed E-state index contributed by atoms with van der Waals surface area (Å²) in [5.74, 6) is -0.865. The Labute approximate surface area is 483 Å². The van der Waals surface area contributed by atoms with Gasteiger partial charge in [0.05, 0.1) is 13.2 Å². The molecule has 0 aromatic heterocycles. The van der Waals surface area contributed by atoms with Crippen molar-refractivity contribution in [2.45, 2.75) is 238 Å². The Morgan fingerprint density at radius 2 is 0.696 bits per heavy atom. The lowest BCUT2D eigenvalue weighted by atomic mass is 10.1. The molecule has 0 heterocycles. The molecular formula is C69H112NO8P. The van der Waals surface area contributed by atoms with Crippen LogP contribution in [-0.4, -0.2) is 49.3 Å². The second-order valence-electron chi connectivity index (χ2n) is 19.8. The third-order valence-electron chi connectivity index (χ3n) is 12.4. The third kappa shape index (κ3) is 62.7. The Kier molecular flexibility index (Phi) is 59.3. The van der Waals surface area contributed by atoms with Gasteiger partial charge in [-0.15, -0.1) is 0 Å². The van der Waals surface area contributed by atoms with Crippen LogP contribution in [0.25, 0.3) is 0 Å². The van der Waals surface area contributed by atoms with E-state index in [0.29, 0.717) is 6.42 Å². The molecule has 0 fully saturated rings. The highest BCUT2D eigenvalue weighted by molar-refractivity contribution is 7.47. The van der Waals surface area contributed by atoms with E-state index < -0.39 is 32.5 Å². The monoisotopic (exact) mass is 1110 g/mol. The number of phosphoric ester groups is 1. The number of unbranched alkanes of at least 4 members (excludes halogenated alkanes) is 17. The summed E-state index contributed by atoms with van der Waals surface area (Å²) in [6.45, 7) is 3.56. The zero-order chi connectivity index (χ0) is 57.3. The molecule has 0 saturated heterocycles. The summed E-state index contributed by atoms with van der Waals surface area (Å²) in [5, 5.41) is 0. The summed E-state index contributed by atoms with van der Waals surface area (Å²) in [6, 6.07) is 0. The number of ether oxygens (including phenoxy) is 2. The van der Waals surface area contributed by atoms with Crippen LogP contribution in [0.15, 0.2) is 158 Å². The standard InChI is InChI=1S/C69H112NO8P/c1-3-5-7-9-11-13-15-17-19-21-23-24-25-26-27-28-29-30-31-32-33-34-35-36-37-38-39-40-41-42-44-46-48-50-52-54-56-58-60-62-69(72)78-67(66-77-79(73,74)76-64-63-70)65-75-68(71)61-59-57-55-53-51-49-47-45-43-22-20-18-16-14-12-10-8-6-4-2/h5,7,11-14,17-20,23-24,26-27,29-30,32-33,35-36,38-39,41-42,46,48,67H,3-4,6,8-10,15-16,21-22,25,28,31,34,37,40,43-45,47,49-66,70H2,1-2H3,(H,73,74)/b7-5-,13-11-,14-12-,19-17-,20-18-,24-23-,27-26-,30-29-,33-32-,36-35-,39-38-,42-41-,48-46-. The maximum atomic E-state index is 12.7. The van der Waals surface area contributed by atoms with E-state index in [9.17, 15) is 19.0 Å². The molecule has 0 saturated carbocycles. The highest BCUT2D eigenvalue weighted by Crippen LogP contribution is 2.43. The Morgan fingerprint density at radius 1 is 0.392 bits per heavy atom. The first-order chi connectivity index (χ1) is 38.8. The molecule has 3 N–H and O–H groups in total. The molecule has 0 radical (unpaired) electrons. The lowest BCUT2D eigenvalue weighted by Gasteiger charge is -2.19. The van der Waals surface area contributed by atoms with Crippen LogP contribution in [0.5, 0.6) is 0 Å². The SMILES string of the molecule is CC/C=C\C/C=C\C/C=C\C/C=C\C/C=C\C/C=C\C/C=C\C/C=C\C/C=C\C/C=C\C/C=C\CCCCCCCC(=O)OC(COC(=O)CCCCCCCCCCC/C=C\C/C=C\CCCCC)COP(=O)(O)OCCN. The van der Waals surface area contributed by atoms with Gasteiger partial charge in [0.1, 0.15) is 6.61 Å². The van der Waals surface area contributed by atoms with E-state index in [0.717, 1.165) is 141 Å². The Hall–Kier alpha value is -4.37. The Balaban J connectivity index is 4.06. The summed E-state index contributed by atoms with van der Waals surface area (Å²) in [4.78, 5) is 35.2. The van der Waals surface area contributed by atoms with Crippen LogP contribution in [0.1, 0.15) is 232 Å². The van der Waals surface area contributed by atoms with Gasteiger partial charge in [-0.1, -0.05) is 249 Å². The van der Waals surface area contributed by atoms with Crippen LogP contribution in [0.2, 0.25) is 0 Å². The molecule has 0 aliphatic rings. The van der Waals surface area contributed by atoms with E-state index in [2.05, 4.69) is 172 Å². The summed E-state index contributed by atoms with van der Waals surface area (Å²) in [5.41, 5.74) is 5.38. The second kappa shape index (κ2) is 62.8. The number of hydrogen-bond donors (Lipinski definition) is 2. The molecule has 9 nitrogen and oxygen atoms in total. The predicted molar refractivity (Wildman–Crippen MR) is 339 cm³/mol. The van der Waals surface area contributed by atoms with Crippen LogP contribution < -0.4 is 5.73 Å². The van der Waals surface area contributed by atoms with Crippen LogP contribution in [0.3, 0.4) is 0 Å². The molecule has 0 rings (SSSR count). The minimum absolute atomic E-state index is 0.0412. The number of esters is 2. The predicted octanol–water partition coefficient (Wildman–Crippen LogP) is 20.1. The van der Waals surface area contributed by atoms with Crippen molar-refractivity contribution in [3.8, 4) is 0 Å². The summed E-state index contributed by atoms with van der Waals surface area (Å²) < 4.78 is 33.0. The van der Waals surface area contributed by atoms with Crippen molar-refractivity contribution in [3.63, 3.8) is 0 Å². The van der Waals surface area contributed by atoms with Crippen LogP contribution >= 0.6 is 7.82 Å². The fourth-order valence-electron chi connectivity index (χ4n) is 7.85. The number of allylic oxidation sites excluding steroid dienone is 26. The molecule has 0 aromatic rings. The number of nitrogens with two attached hydrogens (primary N) is 1. The van der Waals surface area contributed by atoms with Crippen LogP contribution in [0.4, 0.5) is 0 Å². The number of rotatable bonds is 56. The fraction of sp³-hybridized carbons (Fsp3) is 0.594. The smallest absolute Gasteiger partial charge is 0.462 e. The van der Waals surface area contributed by atoms with Crippen LogP contribution in [0, 0.1) is 0 Å². The number of hydrogen-bond acceptors (Lipinski definition) is 8. The van der Waals surface area contributed by atoms with Gasteiger partial charge >= 0.3 is 19.8 Å². The van der Waals surface area contributed by atoms with Crippen molar-refractivity contribution < 1.29 is 37.6 Å². The molecule has 10 heteroatoms. The molecule has 0 bridgehead atoms. The second-order valence-corrected chi connectivity index (χ2v) is 21.3. The molecule has 446 valence electrons. The van der Waals surface area contributed by atoms with Crippen molar-refractivity contribution in [3.05, 3.63) is 158 Å². The maximum absolute atomic E-state index is 12.7. The van der Waals surface area contributed by atoms with Gasteiger partial charge in [-0.25, -0.2) is 4.57 Å². The first-order valence-electron chi connectivity index (χ1n) is 31.0. The normalized spacial score (nSPS) is 14.1. The minimum atomic E-state index is -4.41. The van der Waals surface area contributed by atoms with E-state index in [1.54, 1.807) is 0 Å². The van der Waals surface area contributed by atoms with Gasteiger partial charge in [0.15, 0.2) is 6.10 Å². The first-order valence-corrected chi connectivity index (χ1v) is 32.5. The van der Waals surface area contributed by atoms with Crippen molar-refractivity contribution in [1.82, 2.24) is 0 Å². The van der Waals surface area contributed by atoms with Gasteiger partial charge in [-0.2, -0.15) is 0 Å². The van der Waals surface area contributed by atoms with E-state index in [1.165, 1.54) is 57.8 Å². The highest BCUT2D eigenvalue weighted by atomic mass is 31.2. The largest absolute Gasteiger partial charge is 0.472 e. The van der Waals surface area contributed by atoms with E-state index in [1.807, 2.05) is 0 Å². The van der Waals surface area contributed by atoms with E-state index >= 15 is 0 Å². The molecule has 0 spiro atoms. The van der Waals surface area contributed by atoms with Gasteiger partial charge in [0.25, 0.3) is 0 Å². The first kappa shape index (κ1) is 74.6. The molecular weight excluding hydrogens is 1000 g/mol. The molecule has 2 atom stereocenters. The number of carbonyl (C=O) groups excluding carboxylic acids is 2. The zero-order valence-electron chi connectivity index (χ0n) is 49.8. The minimum Gasteiger partial charge on any atom is -0.462 e. The van der Waals surface area contributed by atoms with Crippen molar-refractivity contribution >= 4 is 19.8 Å². The molecule has 2 unspecified atom stereocenters. The average Bonchev–Trinajstić information content (AvgIpc) is 3.44. The number of carbonyl (C=O) groups is 2. The van der Waals surface area contributed by atoms with Gasteiger partial charge < -0.3 is 20.1 Å². The average molecular weight is 1110 g/mol. The summed E-state index contributed by atoms with van der Waals surface area (Å²) in [7, 11) is -4.41. The third-order valence-corrected chi connectivity index (χ3v) is 13.4. The molecule has 0 amide bonds. The highest BCUT2D eigenvalue weighted by Gasteiger charge is 2.26. The summed E-state index contributed by atoms with van der Waals surface area (Å²) >= 11 is 0. The lowest BCUT2D eigenvalue weighted by molar-refractivity contribution is -0.161. The van der Waals surface area contributed by atoms with E-state index in [4.69, 9.17) is 24.3 Å². The van der Waals surface area contributed by atoms with E-state index in [-0.39, 0.29) is 32.6 Å². The van der Waals surface area contributed by atoms with Gasteiger partial charge in [-0.05, 0) is 128 Å². The topological polar surface area (TPSA) is 134 Å². The molecule has 0 aliphatic carbocycles. The van der Waals surface area contributed by atoms with Crippen molar-refractivity contribution in [2.24, 2.45) is 5.73 Å². The summed E-state index contributed by atoms with van der Waals surface area (Å²) in [6.07, 6.45) is 91.6. The quantitative estimate of drug-likeness (QED) is 0.0264. The zero-order valence-corrected chi connectivity index (χ0v) is 50.7. The Morgan fingerprint density at radius 3 is 1.04 bits per heavy atom. The van der Waals surface area contributed by atoms with Crippen LogP contribution in [-0.2, 0) is 32.7 Å². The molecule has 0 aromatic carbocycles. The fourth-order valence-corrected chi connectivity index (χ4v) is 8.61. The lowest BCUT2D eigenvalue weighted by Crippen LogP contribution is -2.29. The van der Waals surface area contributed by atoms with Crippen molar-refractivity contribution in [2.75, 3.05) is 26.4 Å². The number of phosphoric acid groups is 1. The molecule has 79 heavy (non-hydrogen) atoms. The van der Waals surface area contributed by atoms with Gasteiger partial charge in [0, 0.05) is 19.4 Å². The molecule has 0 aliphatic heterocycles. The van der Waals surface area contributed by atoms with Gasteiger partial charge in [-0.3, -0.25) is 18.6 Å². The van der Waals surface area contributed by atoms with Crippen molar-refractivity contribution in [1.29, 1.82) is 0 Å². The maximum Gasteiger partial charge on any atom is 0.472 e. The Bertz CT molecular complexity index is 1850. The van der Waals surface area contributed by atoms with Gasteiger partial charge in [0.2, 0.25) is 0 Å².